The summed E-state index contributed by atoms with van der Waals surface area (Å²) in [6.45, 7) is 7.29. The highest BCUT2D eigenvalue weighted by atomic mass is 16.5. The number of aryl methyl sites for hydroxylation is 1. The molecule has 1 aromatic carbocycles. The second-order valence-electron chi connectivity index (χ2n) is 11.7. The van der Waals surface area contributed by atoms with E-state index < -0.39 is 0 Å². The molecule has 1 aromatic rings. The monoisotopic (exact) mass is 532 g/mol. The Hall–Kier alpha value is -1.22. The lowest BCUT2D eigenvalue weighted by molar-refractivity contribution is 0.258. The molecule has 0 aliphatic heterocycles. The third-order valence-electron chi connectivity index (χ3n) is 7.59. The molecule has 0 saturated carbocycles. The minimum atomic E-state index is 0.797. The van der Waals surface area contributed by atoms with E-state index in [4.69, 9.17) is 9.47 Å². The zero-order valence-electron chi connectivity index (χ0n) is 26.2. The van der Waals surface area contributed by atoms with Gasteiger partial charge in [-0.25, -0.2) is 0 Å². The molecule has 0 unspecified atom stereocenters. The lowest BCUT2D eigenvalue weighted by Crippen LogP contribution is -2.13. The molecule has 0 N–H and O–H groups in total. The minimum absolute atomic E-state index is 0.797. The van der Waals surface area contributed by atoms with Crippen LogP contribution in [-0.2, 0) is 6.42 Å². The summed E-state index contributed by atoms with van der Waals surface area (Å²) in [7, 11) is 4.29. The number of unbranched alkanes of at least 4 members (excludes halogenated alkanes) is 18. The normalized spacial score (nSPS) is 11.4. The molecule has 0 amide bonds. The maximum Gasteiger partial charge on any atom is 0.161 e. The summed E-state index contributed by atoms with van der Waals surface area (Å²) in [5.41, 5.74) is 1.36. The standard InChI is InChI=1S/C35H65NO2/c1-5-7-9-11-13-15-17-19-21-23-30-37-34-28-27-33(26-25-29-36(3)4)32-35(34)38-31-24-22-20-18-16-14-12-10-8-6-2/h27-28,32H,5-26,29-31H2,1-4H3. The Morgan fingerprint density at radius 2 is 0.921 bits per heavy atom. The molecule has 0 aliphatic rings. The largest absolute Gasteiger partial charge is 0.490 e. The molecule has 3 heteroatoms. The van der Waals surface area contributed by atoms with Gasteiger partial charge in [0.2, 0.25) is 0 Å². The van der Waals surface area contributed by atoms with E-state index in [2.05, 4.69) is 51.0 Å². The number of rotatable bonds is 28. The Kier molecular flexibility index (Phi) is 23.8. The quantitative estimate of drug-likeness (QED) is 0.100. The number of hydrogen-bond acceptors (Lipinski definition) is 3. The van der Waals surface area contributed by atoms with Crippen molar-refractivity contribution in [2.75, 3.05) is 33.9 Å². The summed E-state index contributed by atoms with van der Waals surface area (Å²) in [6, 6.07) is 6.62. The van der Waals surface area contributed by atoms with Crippen molar-refractivity contribution in [3.63, 3.8) is 0 Å². The minimum Gasteiger partial charge on any atom is -0.490 e. The first-order valence-electron chi connectivity index (χ1n) is 16.7. The van der Waals surface area contributed by atoms with E-state index in [1.807, 2.05) is 0 Å². The maximum absolute atomic E-state index is 6.29. The van der Waals surface area contributed by atoms with Crippen molar-refractivity contribution in [3.8, 4) is 11.5 Å². The highest BCUT2D eigenvalue weighted by Gasteiger charge is 2.08. The maximum atomic E-state index is 6.29. The van der Waals surface area contributed by atoms with Crippen LogP contribution in [0.3, 0.4) is 0 Å². The van der Waals surface area contributed by atoms with Gasteiger partial charge in [0.25, 0.3) is 0 Å². The van der Waals surface area contributed by atoms with E-state index in [1.165, 1.54) is 128 Å². The molecule has 0 aromatic heterocycles. The number of nitrogens with zero attached hydrogens (tertiary/aromatic N) is 1. The third-order valence-corrected chi connectivity index (χ3v) is 7.59. The van der Waals surface area contributed by atoms with Crippen LogP contribution in [0.25, 0.3) is 0 Å². The molecule has 0 atom stereocenters. The van der Waals surface area contributed by atoms with Gasteiger partial charge in [-0.2, -0.15) is 0 Å². The lowest BCUT2D eigenvalue weighted by atomic mass is 10.1. The molecule has 38 heavy (non-hydrogen) atoms. The van der Waals surface area contributed by atoms with Gasteiger partial charge >= 0.3 is 0 Å². The van der Waals surface area contributed by atoms with E-state index in [9.17, 15) is 0 Å². The van der Waals surface area contributed by atoms with Crippen LogP contribution in [-0.4, -0.2) is 38.8 Å². The summed E-state index contributed by atoms with van der Waals surface area (Å²) in [6.07, 6.45) is 29.3. The van der Waals surface area contributed by atoms with Crippen molar-refractivity contribution in [1.29, 1.82) is 0 Å². The van der Waals surface area contributed by atoms with Gasteiger partial charge in [-0.3, -0.25) is 0 Å². The van der Waals surface area contributed by atoms with Crippen molar-refractivity contribution in [2.45, 2.75) is 155 Å². The lowest BCUT2D eigenvalue weighted by Gasteiger charge is -2.15. The van der Waals surface area contributed by atoms with Crippen LogP contribution >= 0.6 is 0 Å². The Morgan fingerprint density at radius 3 is 1.37 bits per heavy atom. The van der Waals surface area contributed by atoms with Crippen molar-refractivity contribution < 1.29 is 9.47 Å². The van der Waals surface area contributed by atoms with Crippen molar-refractivity contribution >= 4 is 0 Å². The van der Waals surface area contributed by atoms with Crippen LogP contribution in [0, 0.1) is 0 Å². The predicted molar refractivity (Wildman–Crippen MR) is 168 cm³/mol. The molecular formula is C35H65NO2. The summed E-state index contributed by atoms with van der Waals surface area (Å²) in [5, 5.41) is 0. The first-order valence-corrected chi connectivity index (χ1v) is 16.7. The van der Waals surface area contributed by atoms with E-state index in [0.717, 1.165) is 50.5 Å². The fourth-order valence-electron chi connectivity index (χ4n) is 5.08. The second-order valence-corrected chi connectivity index (χ2v) is 11.7. The van der Waals surface area contributed by atoms with Crippen LogP contribution < -0.4 is 9.47 Å². The average Bonchev–Trinajstić information content (AvgIpc) is 2.91. The van der Waals surface area contributed by atoms with Crippen molar-refractivity contribution in [2.24, 2.45) is 0 Å². The van der Waals surface area contributed by atoms with Gasteiger partial charge < -0.3 is 14.4 Å². The predicted octanol–water partition coefficient (Wildman–Crippen LogP) is 10.8. The molecular weight excluding hydrogens is 466 g/mol. The van der Waals surface area contributed by atoms with Gasteiger partial charge in [-0.1, -0.05) is 135 Å². The highest BCUT2D eigenvalue weighted by molar-refractivity contribution is 5.43. The average molecular weight is 532 g/mol. The zero-order valence-corrected chi connectivity index (χ0v) is 26.2. The molecule has 222 valence electrons. The number of ether oxygens (including phenoxy) is 2. The topological polar surface area (TPSA) is 21.7 Å². The van der Waals surface area contributed by atoms with Crippen molar-refractivity contribution in [1.82, 2.24) is 4.90 Å². The van der Waals surface area contributed by atoms with Gasteiger partial charge in [0, 0.05) is 0 Å². The van der Waals surface area contributed by atoms with Gasteiger partial charge in [-0.15, -0.1) is 0 Å². The van der Waals surface area contributed by atoms with E-state index in [0.29, 0.717) is 0 Å². The van der Waals surface area contributed by atoms with Crippen LogP contribution in [0.15, 0.2) is 18.2 Å². The van der Waals surface area contributed by atoms with E-state index in [-0.39, 0.29) is 0 Å². The molecule has 0 radical (unpaired) electrons. The third kappa shape index (κ3) is 20.7. The number of hydrogen-bond donors (Lipinski definition) is 0. The van der Waals surface area contributed by atoms with Gasteiger partial charge in [0.15, 0.2) is 11.5 Å². The molecule has 0 fully saturated rings. The molecule has 0 aliphatic carbocycles. The molecule has 0 heterocycles. The Bertz CT molecular complexity index is 630. The first kappa shape index (κ1) is 34.8. The fourth-order valence-corrected chi connectivity index (χ4v) is 5.08. The Labute approximate surface area is 238 Å². The molecule has 0 bridgehead atoms. The van der Waals surface area contributed by atoms with Crippen LogP contribution in [0.5, 0.6) is 11.5 Å². The molecule has 0 spiro atoms. The van der Waals surface area contributed by atoms with Crippen LogP contribution in [0.4, 0.5) is 0 Å². The van der Waals surface area contributed by atoms with Gasteiger partial charge in [0.05, 0.1) is 13.2 Å². The Balaban J connectivity index is 2.31. The SMILES string of the molecule is CCCCCCCCCCCCOc1ccc(CCCN(C)C)cc1OCCCCCCCCCCCC. The van der Waals surface area contributed by atoms with E-state index >= 15 is 0 Å². The summed E-state index contributed by atoms with van der Waals surface area (Å²) in [4.78, 5) is 2.26. The number of benzene rings is 1. The molecule has 3 nitrogen and oxygen atoms in total. The van der Waals surface area contributed by atoms with E-state index in [1.54, 1.807) is 0 Å². The zero-order chi connectivity index (χ0) is 27.5. The molecule has 1 rings (SSSR count). The smallest absolute Gasteiger partial charge is 0.161 e. The summed E-state index contributed by atoms with van der Waals surface area (Å²) in [5.74, 6) is 1.89. The summed E-state index contributed by atoms with van der Waals surface area (Å²) < 4.78 is 12.5. The fraction of sp³-hybridized carbons (Fsp3) is 0.829. The van der Waals surface area contributed by atoms with Gasteiger partial charge in [-0.05, 0) is 64.0 Å². The molecule has 0 saturated heterocycles. The Morgan fingerprint density at radius 1 is 0.500 bits per heavy atom. The van der Waals surface area contributed by atoms with Crippen LogP contribution in [0.2, 0.25) is 0 Å². The van der Waals surface area contributed by atoms with Crippen LogP contribution in [0.1, 0.15) is 154 Å². The first-order chi connectivity index (χ1) is 18.7. The van der Waals surface area contributed by atoms with Gasteiger partial charge in [0.1, 0.15) is 0 Å². The highest BCUT2D eigenvalue weighted by Crippen LogP contribution is 2.30. The summed E-state index contributed by atoms with van der Waals surface area (Å²) >= 11 is 0. The second kappa shape index (κ2) is 26.0. The van der Waals surface area contributed by atoms with Crippen molar-refractivity contribution in [3.05, 3.63) is 23.8 Å².